The third kappa shape index (κ3) is 2.41. The van der Waals surface area contributed by atoms with E-state index in [-0.39, 0.29) is 11.8 Å². The Morgan fingerprint density at radius 3 is 2.56 bits per heavy atom. The van der Waals surface area contributed by atoms with Crippen molar-refractivity contribution in [3.63, 3.8) is 0 Å². The van der Waals surface area contributed by atoms with E-state index in [1.165, 1.54) is 0 Å². The molecule has 2 rings (SSSR count). The van der Waals surface area contributed by atoms with Crippen LogP contribution in [0.15, 0.2) is 36.4 Å². The van der Waals surface area contributed by atoms with Gasteiger partial charge < -0.3 is 9.64 Å². The van der Waals surface area contributed by atoms with E-state index in [0.717, 1.165) is 22.2 Å². The number of carbonyl (C=O) groups is 1. The van der Waals surface area contributed by atoms with Gasteiger partial charge in [-0.25, -0.2) is 0 Å². The summed E-state index contributed by atoms with van der Waals surface area (Å²) in [5.74, 6) is 0.682. The lowest BCUT2D eigenvalue weighted by atomic mass is 10.1. The first-order chi connectivity index (χ1) is 8.65. The number of methoxy groups -OCH3 is 1. The van der Waals surface area contributed by atoms with E-state index in [1.54, 1.807) is 19.1 Å². The molecule has 0 radical (unpaired) electrons. The zero-order chi connectivity index (χ0) is 13.1. The van der Waals surface area contributed by atoms with E-state index < -0.39 is 0 Å². The molecular formula is C14H14ClNO2. The molecule has 0 saturated heterocycles. The first-order valence-corrected chi connectivity index (χ1v) is 6.09. The van der Waals surface area contributed by atoms with Crippen molar-refractivity contribution < 1.29 is 9.53 Å². The number of anilines is 1. The molecule has 0 N–H and O–H groups in total. The third-order valence-corrected chi connectivity index (χ3v) is 3.14. The summed E-state index contributed by atoms with van der Waals surface area (Å²) in [5, 5.41) is 2.13. The van der Waals surface area contributed by atoms with Gasteiger partial charge >= 0.3 is 0 Å². The van der Waals surface area contributed by atoms with Crippen LogP contribution in [0.4, 0.5) is 5.69 Å². The van der Waals surface area contributed by atoms with Crippen LogP contribution in [-0.4, -0.2) is 25.9 Å². The van der Waals surface area contributed by atoms with E-state index in [4.69, 9.17) is 16.3 Å². The average molecular weight is 264 g/mol. The molecule has 0 aliphatic rings. The first kappa shape index (κ1) is 12.7. The van der Waals surface area contributed by atoms with E-state index >= 15 is 0 Å². The molecule has 0 fully saturated rings. The number of hydrogen-bond acceptors (Lipinski definition) is 2. The summed E-state index contributed by atoms with van der Waals surface area (Å²) in [6.45, 7) is 0. The summed E-state index contributed by atoms with van der Waals surface area (Å²) in [4.78, 5) is 13.1. The van der Waals surface area contributed by atoms with Gasteiger partial charge in [0.15, 0.2) is 0 Å². The molecule has 94 valence electrons. The maximum atomic E-state index is 11.5. The summed E-state index contributed by atoms with van der Waals surface area (Å²) >= 11 is 5.55. The normalized spacial score (nSPS) is 10.4. The van der Waals surface area contributed by atoms with Crippen LogP contribution < -0.4 is 9.64 Å². The topological polar surface area (TPSA) is 29.5 Å². The van der Waals surface area contributed by atoms with Gasteiger partial charge in [0, 0.05) is 12.7 Å². The predicted molar refractivity (Wildman–Crippen MR) is 74.6 cm³/mol. The number of fused-ring (bicyclic) bond motifs is 1. The monoisotopic (exact) mass is 263 g/mol. The van der Waals surface area contributed by atoms with Crippen molar-refractivity contribution in [1.29, 1.82) is 0 Å². The average Bonchev–Trinajstić information content (AvgIpc) is 2.44. The lowest BCUT2D eigenvalue weighted by Crippen LogP contribution is -2.27. The second-order valence-corrected chi connectivity index (χ2v) is 4.25. The van der Waals surface area contributed by atoms with Gasteiger partial charge in [-0.2, -0.15) is 0 Å². The molecule has 0 saturated carbocycles. The molecule has 2 aromatic carbocycles. The van der Waals surface area contributed by atoms with Gasteiger partial charge in [-0.3, -0.25) is 4.79 Å². The molecular weight excluding hydrogens is 250 g/mol. The molecule has 0 spiro atoms. The summed E-state index contributed by atoms with van der Waals surface area (Å²) < 4.78 is 5.17. The number of halogens is 1. The van der Waals surface area contributed by atoms with Gasteiger partial charge in [0.2, 0.25) is 5.91 Å². The number of ether oxygens (including phenoxy) is 1. The third-order valence-electron chi connectivity index (χ3n) is 2.91. The molecule has 18 heavy (non-hydrogen) atoms. The number of carbonyl (C=O) groups excluding carboxylic acids is 1. The Hall–Kier alpha value is -1.74. The molecule has 0 aliphatic heterocycles. The number of benzene rings is 2. The molecule has 0 unspecified atom stereocenters. The lowest BCUT2D eigenvalue weighted by molar-refractivity contribution is -0.116. The standard InChI is InChI=1S/C14H14ClNO2/c1-16(14(17)9-15)12-5-3-11-8-13(18-2)6-4-10(11)7-12/h3-8H,9H2,1-2H3. The van der Waals surface area contributed by atoms with Crippen molar-refractivity contribution in [2.24, 2.45) is 0 Å². The largest absolute Gasteiger partial charge is 0.497 e. The molecule has 0 atom stereocenters. The Morgan fingerprint density at radius 2 is 1.89 bits per heavy atom. The zero-order valence-corrected chi connectivity index (χ0v) is 11.1. The maximum Gasteiger partial charge on any atom is 0.241 e. The van der Waals surface area contributed by atoms with Gasteiger partial charge in [-0.1, -0.05) is 12.1 Å². The summed E-state index contributed by atoms with van der Waals surface area (Å²) in [5.41, 5.74) is 0.832. The smallest absolute Gasteiger partial charge is 0.241 e. The highest BCUT2D eigenvalue weighted by Crippen LogP contribution is 2.25. The number of rotatable bonds is 3. The molecule has 4 heteroatoms. The highest BCUT2D eigenvalue weighted by molar-refractivity contribution is 6.29. The van der Waals surface area contributed by atoms with Gasteiger partial charge in [-0.15, -0.1) is 11.6 Å². The fraction of sp³-hybridized carbons (Fsp3) is 0.214. The van der Waals surface area contributed by atoms with Crippen molar-refractivity contribution in [3.05, 3.63) is 36.4 Å². The molecule has 3 nitrogen and oxygen atoms in total. The summed E-state index contributed by atoms with van der Waals surface area (Å²) in [7, 11) is 3.36. The minimum absolute atomic E-state index is 0.0167. The Morgan fingerprint density at radius 1 is 1.22 bits per heavy atom. The number of amides is 1. The fourth-order valence-electron chi connectivity index (χ4n) is 1.78. The van der Waals surface area contributed by atoms with E-state index in [2.05, 4.69) is 0 Å². The van der Waals surface area contributed by atoms with E-state index in [0.29, 0.717) is 0 Å². The van der Waals surface area contributed by atoms with Gasteiger partial charge in [0.1, 0.15) is 11.6 Å². The number of nitrogens with zero attached hydrogens (tertiary/aromatic N) is 1. The lowest BCUT2D eigenvalue weighted by Gasteiger charge is -2.16. The van der Waals surface area contributed by atoms with Crippen LogP contribution in [0, 0.1) is 0 Å². The molecule has 0 bridgehead atoms. The van der Waals surface area contributed by atoms with Crippen LogP contribution in [0.1, 0.15) is 0 Å². The Bertz CT molecular complexity index is 583. The van der Waals surface area contributed by atoms with E-state index in [9.17, 15) is 4.79 Å². The SMILES string of the molecule is COc1ccc2cc(N(C)C(=O)CCl)ccc2c1. The second kappa shape index (κ2) is 5.27. The van der Waals surface area contributed by atoms with Crippen molar-refractivity contribution in [2.75, 3.05) is 24.9 Å². The van der Waals surface area contributed by atoms with Crippen LogP contribution in [0.5, 0.6) is 5.75 Å². The van der Waals surface area contributed by atoms with Gasteiger partial charge in [0.05, 0.1) is 7.11 Å². The molecule has 2 aromatic rings. The van der Waals surface area contributed by atoms with Crippen LogP contribution in [0.2, 0.25) is 0 Å². The molecule has 0 heterocycles. The highest BCUT2D eigenvalue weighted by atomic mass is 35.5. The van der Waals surface area contributed by atoms with Crippen molar-refractivity contribution in [3.8, 4) is 5.75 Å². The van der Waals surface area contributed by atoms with Gasteiger partial charge in [-0.05, 0) is 35.0 Å². The highest BCUT2D eigenvalue weighted by Gasteiger charge is 2.09. The second-order valence-electron chi connectivity index (χ2n) is 3.98. The van der Waals surface area contributed by atoms with Gasteiger partial charge in [0.25, 0.3) is 0 Å². The first-order valence-electron chi connectivity index (χ1n) is 5.56. The molecule has 1 amide bonds. The molecule has 0 aliphatic carbocycles. The minimum atomic E-state index is -0.121. The van der Waals surface area contributed by atoms with Crippen molar-refractivity contribution in [2.45, 2.75) is 0 Å². The number of hydrogen-bond donors (Lipinski definition) is 0. The molecule has 0 aromatic heterocycles. The number of alkyl halides is 1. The van der Waals surface area contributed by atoms with Crippen LogP contribution in [0.25, 0.3) is 10.8 Å². The fourth-order valence-corrected chi connectivity index (χ4v) is 1.96. The quantitative estimate of drug-likeness (QED) is 0.797. The summed E-state index contributed by atoms with van der Waals surface area (Å²) in [6, 6.07) is 11.6. The van der Waals surface area contributed by atoms with Crippen molar-refractivity contribution in [1.82, 2.24) is 0 Å². The Balaban J connectivity index is 2.42. The predicted octanol–water partition coefficient (Wildman–Crippen LogP) is 3.05. The Labute approximate surface area is 111 Å². The van der Waals surface area contributed by atoms with Crippen LogP contribution >= 0.6 is 11.6 Å². The van der Waals surface area contributed by atoms with Crippen LogP contribution in [-0.2, 0) is 4.79 Å². The summed E-state index contributed by atoms with van der Waals surface area (Å²) in [6.07, 6.45) is 0. The van der Waals surface area contributed by atoms with E-state index in [1.807, 2.05) is 36.4 Å². The maximum absolute atomic E-state index is 11.5. The Kier molecular flexibility index (Phi) is 3.72. The van der Waals surface area contributed by atoms with Crippen LogP contribution in [0.3, 0.4) is 0 Å². The minimum Gasteiger partial charge on any atom is -0.497 e. The van der Waals surface area contributed by atoms with Crippen molar-refractivity contribution >= 4 is 34.0 Å². The zero-order valence-electron chi connectivity index (χ0n) is 10.3.